The summed E-state index contributed by atoms with van der Waals surface area (Å²) in [6, 6.07) is -2.53. The average molecular weight is 389 g/mol. The van der Waals surface area contributed by atoms with Gasteiger partial charge >= 0.3 is 0 Å². The van der Waals surface area contributed by atoms with E-state index in [1.54, 1.807) is 46.8 Å². The summed E-state index contributed by atoms with van der Waals surface area (Å²) in [6.07, 6.45) is 0.665. The van der Waals surface area contributed by atoms with Crippen LogP contribution in [0.1, 0.15) is 20.8 Å². The third kappa shape index (κ3) is 5.70. The molecule has 150 valence electrons. The van der Waals surface area contributed by atoms with E-state index in [0.717, 1.165) is 0 Å². The lowest BCUT2D eigenvalue weighted by Gasteiger charge is -2.35. The summed E-state index contributed by atoms with van der Waals surface area (Å²) >= 11 is 4.22. The van der Waals surface area contributed by atoms with Gasteiger partial charge in [0.1, 0.15) is 18.4 Å². The van der Waals surface area contributed by atoms with Crippen molar-refractivity contribution in [1.29, 1.82) is 0 Å². The van der Waals surface area contributed by atoms with Crippen LogP contribution in [0.5, 0.6) is 0 Å². The number of amides is 3. The smallest absolute Gasteiger partial charge is 0.246 e. The molecule has 4 atom stereocenters. The number of carbonyl (C=O) groups is 4. The Bertz CT molecular complexity index is 529. The van der Waals surface area contributed by atoms with Gasteiger partial charge in [-0.2, -0.15) is 12.6 Å². The van der Waals surface area contributed by atoms with Crippen LogP contribution in [0.25, 0.3) is 0 Å². The fraction of sp³-hybridized carbons (Fsp3) is 0.765. The van der Waals surface area contributed by atoms with Crippen molar-refractivity contribution < 1.29 is 19.2 Å². The molecule has 3 amide bonds. The summed E-state index contributed by atoms with van der Waals surface area (Å²) in [5.41, 5.74) is 0. The molecule has 0 fully saturated rings. The molecule has 0 aromatic carbocycles. The molecule has 0 spiro atoms. The van der Waals surface area contributed by atoms with Gasteiger partial charge in [-0.3, -0.25) is 19.3 Å². The van der Waals surface area contributed by atoms with E-state index in [4.69, 9.17) is 0 Å². The third-order valence-electron chi connectivity index (χ3n) is 4.85. The first-order valence-corrected chi connectivity index (χ1v) is 9.08. The second-order valence-corrected chi connectivity index (χ2v) is 7.10. The lowest BCUT2D eigenvalue weighted by molar-refractivity contribution is -0.150. The van der Waals surface area contributed by atoms with Gasteiger partial charge in [-0.05, 0) is 34.9 Å². The van der Waals surface area contributed by atoms with E-state index in [1.807, 2.05) is 0 Å². The first kappa shape index (κ1) is 24.4. The maximum Gasteiger partial charge on any atom is 0.246 e. The van der Waals surface area contributed by atoms with E-state index in [1.165, 1.54) is 28.8 Å². The zero-order valence-corrected chi connectivity index (χ0v) is 17.9. The number of hydrogen-bond acceptors (Lipinski definition) is 6. The molecule has 8 nitrogen and oxygen atoms in total. The first-order valence-electron chi connectivity index (χ1n) is 8.44. The summed E-state index contributed by atoms with van der Waals surface area (Å²) in [7, 11) is 8.15. The van der Waals surface area contributed by atoms with Crippen molar-refractivity contribution >= 4 is 36.6 Å². The van der Waals surface area contributed by atoms with Gasteiger partial charge in [-0.1, -0.05) is 0 Å². The molecule has 0 aliphatic heterocycles. The third-order valence-corrected chi connectivity index (χ3v) is 5.19. The molecule has 0 radical (unpaired) electrons. The van der Waals surface area contributed by atoms with Crippen molar-refractivity contribution in [3.05, 3.63) is 0 Å². The average Bonchev–Trinajstić information content (AvgIpc) is 2.63. The molecule has 0 aromatic heterocycles. The van der Waals surface area contributed by atoms with Crippen LogP contribution >= 0.6 is 12.6 Å². The molecule has 0 aromatic rings. The van der Waals surface area contributed by atoms with Crippen LogP contribution in [0.4, 0.5) is 0 Å². The Morgan fingerprint density at radius 3 is 1.65 bits per heavy atom. The van der Waals surface area contributed by atoms with Crippen molar-refractivity contribution in [3.8, 4) is 0 Å². The van der Waals surface area contributed by atoms with E-state index in [2.05, 4.69) is 12.6 Å². The number of rotatable bonds is 9. The number of aldehydes is 1. The molecular formula is C17H32N4O4S. The summed E-state index contributed by atoms with van der Waals surface area (Å²) < 4.78 is 0. The van der Waals surface area contributed by atoms with E-state index in [0.29, 0.717) is 6.29 Å². The Labute approximate surface area is 161 Å². The molecule has 0 saturated carbocycles. The van der Waals surface area contributed by atoms with Crippen molar-refractivity contribution in [2.75, 3.05) is 41.0 Å². The predicted octanol–water partition coefficient (Wildman–Crippen LogP) is -0.414. The molecule has 0 aliphatic rings. The van der Waals surface area contributed by atoms with E-state index in [-0.39, 0.29) is 29.5 Å². The van der Waals surface area contributed by atoms with Crippen LogP contribution in [0.2, 0.25) is 0 Å². The Hall–Kier alpha value is -1.61. The molecule has 0 rings (SSSR count). The molecule has 9 heteroatoms. The zero-order chi connectivity index (χ0) is 20.8. The Morgan fingerprint density at radius 2 is 1.27 bits per heavy atom. The summed E-state index contributed by atoms with van der Waals surface area (Å²) in [6.45, 7) is 4.95. The predicted molar refractivity (Wildman–Crippen MR) is 104 cm³/mol. The van der Waals surface area contributed by atoms with Gasteiger partial charge in [-0.15, -0.1) is 0 Å². The second kappa shape index (κ2) is 10.5. The lowest BCUT2D eigenvalue weighted by atomic mass is 10.1. The van der Waals surface area contributed by atoms with Crippen molar-refractivity contribution in [3.63, 3.8) is 0 Å². The molecule has 0 heterocycles. The summed E-state index contributed by atoms with van der Waals surface area (Å²) in [5.74, 6) is -0.808. The van der Waals surface area contributed by atoms with Crippen molar-refractivity contribution in [2.45, 2.75) is 44.9 Å². The molecule has 4 unspecified atom stereocenters. The highest BCUT2D eigenvalue weighted by atomic mass is 32.1. The monoisotopic (exact) mass is 388 g/mol. The van der Waals surface area contributed by atoms with Crippen LogP contribution < -0.4 is 0 Å². The minimum Gasteiger partial charge on any atom is -0.335 e. The normalized spacial score (nSPS) is 15.6. The highest BCUT2D eigenvalue weighted by Crippen LogP contribution is 2.11. The summed E-state index contributed by atoms with van der Waals surface area (Å²) in [4.78, 5) is 54.4. The minimum atomic E-state index is -0.790. The number of likely N-dealkylation sites (N-methyl/N-ethyl adjacent to an activating group) is 4. The van der Waals surface area contributed by atoms with Crippen LogP contribution in [0, 0.1) is 0 Å². The molecule has 0 N–H and O–H groups in total. The van der Waals surface area contributed by atoms with Crippen LogP contribution in [-0.2, 0) is 19.2 Å². The summed E-state index contributed by atoms with van der Waals surface area (Å²) in [5, 5.41) is 0. The Balaban J connectivity index is 5.30. The van der Waals surface area contributed by atoms with Gasteiger partial charge in [-0.25, -0.2) is 0 Å². The largest absolute Gasteiger partial charge is 0.335 e. The Morgan fingerprint density at radius 1 is 0.808 bits per heavy atom. The number of hydrogen-bond donors (Lipinski definition) is 1. The molecule has 26 heavy (non-hydrogen) atoms. The molecule has 0 bridgehead atoms. The van der Waals surface area contributed by atoms with Gasteiger partial charge in [0, 0.05) is 26.9 Å². The minimum absolute atomic E-state index is 0.132. The SMILES string of the molecule is CC(C(=O)N(C)C(CS)C(=O)N(C)C(C)C(=O)N(C)C(C)C=O)N(C)C. The lowest BCUT2D eigenvalue weighted by Crippen LogP contribution is -2.57. The highest BCUT2D eigenvalue weighted by molar-refractivity contribution is 7.80. The van der Waals surface area contributed by atoms with Gasteiger partial charge in [0.15, 0.2) is 0 Å². The first-order chi connectivity index (χ1) is 11.9. The van der Waals surface area contributed by atoms with E-state index in [9.17, 15) is 19.2 Å². The molecule has 0 saturated heterocycles. The number of thiol groups is 1. The van der Waals surface area contributed by atoms with E-state index >= 15 is 0 Å². The fourth-order valence-electron chi connectivity index (χ4n) is 2.21. The molecular weight excluding hydrogens is 356 g/mol. The van der Waals surface area contributed by atoms with Crippen molar-refractivity contribution in [1.82, 2.24) is 19.6 Å². The second-order valence-electron chi connectivity index (χ2n) is 6.74. The van der Waals surface area contributed by atoms with Crippen LogP contribution in [-0.4, -0.2) is 109 Å². The van der Waals surface area contributed by atoms with Gasteiger partial charge in [0.25, 0.3) is 0 Å². The number of carbonyl (C=O) groups excluding carboxylic acids is 4. The van der Waals surface area contributed by atoms with Gasteiger partial charge in [0.2, 0.25) is 17.7 Å². The van der Waals surface area contributed by atoms with Gasteiger partial charge in [0.05, 0.1) is 12.1 Å². The van der Waals surface area contributed by atoms with Crippen LogP contribution in [0.15, 0.2) is 0 Å². The highest BCUT2D eigenvalue weighted by Gasteiger charge is 2.35. The van der Waals surface area contributed by atoms with Crippen molar-refractivity contribution in [2.24, 2.45) is 0 Å². The quantitative estimate of drug-likeness (QED) is 0.429. The molecule has 0 aliphatic carbocycles. The fourth-order valence-corrected chi connectivity index (χ4v) is 2.61. The number of nitrogens with zero attached hydrogens (tertiary/aromatic N) is 4. The standard InChI is InChI=1S/C17H32N4O4S/c1-11(9-22)19(6)16(24)13(3)20(7)17(25)14(10-26)21(8)15(23)12(2)18(4)5/h9,11-14,26H,10H2,1-8H3. The van der Waals surface area contributed by atoms with E-state index < -0.39 is 18.1 Å². The topological polar surface area (TPSA) is 81.2 Å². The van der Waals surface area contributed by atoms with Crippen LogP contribution in [0.3, 0.4) is 0 Å². The maximum absolute atomic E-state index is 12.8. The van der Waals surface area contributed by atoms with Gasteiger partial charge < -0.3 is 19.5 Å². The zero-order valence-electron chi connectivity index (χ0n) is 17.0. The maximum atomic E-state index is 12.8. The Kier molecular flexibility index (Phi) is 9.87.